The van der Waals surface area contributed by atoms with E-state index in [9.17, 15) is 0 Å². The van der Waals surface area contributed by atoms with Crippen molar-refractivity contribution in [1.82, 2.24) is 4.98 Å². The molecular formula is C73H56BN2O2. The average Bonchev–Trinajstić information content (AvgIpc) is 3.65. The van der Waals surface area contributed by atoms with Crippen LogP contribution < -0.4 is 15.8 Å². The Balaban J connectivity index is 0.867. The molecule has 21 rings (SSSR count). The van der Waals surface area contributed by atoms with Crippen molar-refractivity contribution in [2.45, 2.75) is 82.0 Å². The number of H-pyrrole nitrogens is 1. The molecule has 1 aliphatic heterocycles. The summed E-state index contributed by atoms with van der Waals surface area (Å²) in [5.41, 5.74) is 23.0. The molecule has 0 amide bonds. The highest BCUT2D eigenvalue weighted by Crippen LogP contribution is 2.86. The van der Waals surface area contributed by atoms with E-state index in [4.69, 9.17) is 8.83 Å². The maximum absolute atomic E-state index is 7.39. The molecule has 4 nitrogen and oxygen atoms in total. The highest BCUT2D eigenvalue weighted by Gasteiger charge is 2.78. The highest BCUT2D eigenvalue weighted by molar-refractivity contribution is 6.74. The molecule has 8 fully saturated rings. The predicted octanol–water partition coefficient (Wildman–Crippen LogP) is 17.5. The Morgan fingerprint density at radius 2 is 1.15 bits per heavy atom. The largest absolute Gasteiger partial charge is 0.456 e. The van der Waals surface area contributed by atoms with Gasteiger partial charge in [0, 0.05) is 65.9 Å². The molecule has 373 valence electrons. The first-order chi connectivity index (χ1) is 38.3. The number of aryl methyl sites for hydroxylation is 1. The number of hydrogen-bond acceptors (Lipinski definition) is 3. The van der Waals surface area contributed by atoms with Gasteiger partial charge in [0.1, 0.15) is 22.3 Å². The molecular weight excluding hydrogens is 948 g/mol. The Morgan fingerprint density at radius 1 is 0.487 bits per heavy atom. The van der Waals surface area contributed by atoms with Crippen molar-refractivity contribution in [3.8, 4) is 22.3 Å². The van der Waals surface area contributed by atoms with Gasteiger partial charge >= 0.3 is 0 Å². The molecule has 2 spiro atoms. The molecule has 5 heteroatoms. The third kappa shape index (κ3) is 4.74. The van der Waals surface area contributed by atoms with E-state index in [1.54, 1.807) is 11.1 Å². The van der Waals surface area contributed by atoms with E-state index in [1.807, 2.05) is 0 Å². The first-order valence-electron chi connectivity index (χ1n) is 29.6. The number of aromatic amines is 1. The first-order valence-corrected chi connectivity index (χ1v) is 29.6. The molecule has 1 radical (unpaired) electrons. The molecule has 9 aliphatic rings. The van der Waals surface area contributed by atoms with Gasteiger partial charge in [-0.15, -0.1) is 0 Å². The van der Waals surface area contributed by atoms with Gasteiger partial charge in [0.05, 0.1) is 11.2 Å². The number of para-hydroxylation sites is 1. The minimum atomic E-state index is 0.196. The number of fused-ring (bicyclic) bond motifs is 14. The molecule has 3 aromatic heterocycles. The number of rotatable bonds is 5. The fraction of sp³-hybridized carbons (Fsp3) is 0.288. The first kappa shape index (κ1) is 41.6. The van der Waals surface area contributed by atoms with Crippen LogP contribution in [0.4, 0.5) is 17.1 Å². The van der Waals surface area contributed by atoms with Crippen molar-refractivity contribution < 1.29 is 8.83 Å². The number of benzene rings is 9. The lowest BCUT2D eigenvalue weighted by molar-refractivity contribution is -0.175. The highest BCUT2D eigenvalue weighted by atomic mass is 16.3. The van der Waals surface area contributed by atoms with E-state index < -0.39 is 0 Å². The van der Waals surface area contributed by atoms with E-state index in [0.717, 1.165) is 102 Å². The third-order valence-electron chi connectivity index (χ3n) is 24.3. The number of furan rings is 2. The average molecular weight is 1000 g/mol. The molecule has 4 unspecified atom stereocenters. The summed E-state index contributed by atoms with van der Waals surface area (Å²) in [5, 5.41) is 9.76. The van der Waals surface area contributed by atoms with Crippen LogP contribution in [0.15, 0.2) is 167 Å². The van der Waals surface area contributed by atoms with Crippen molar-refractivity contribution in [3.05, 3.63) is 174 Å². The predicted molar refractivity (Wildman–Crippen MR) is 319 cm³/mol. The standard InChI is InChI=1S/C73H56BN2O2/c1-38-15-18-60(51(19-38)39-9-3-2-4-10-39)76-61-29-54-53-20-40-11-5-6-12-41(40)21-64(53)77-65(54)31-58(61)74-67-62(76)30-56-50-13-7-8-14-63(50)78-69(56)66(67)57-28-43(71-34-48-24-45-25-49(35-71)73(45,48)37-71)27-55-52-26-42(16-17-59(52)75-68(55)57)70-32-46-22-44-23-47(33-70)72(44,46)36-70/h2-21,26-31,44-49,75H,22-25,32-37H2,1H3. The smallest absolute Gasteiger partial charge is 0.198 e. The van der Waals surface area contributed by atoms with Gasteiger partial charge in [0.25, 0.3) is 0 Å². The van der Waals surface area contributed by atoms with Crippen LogP contribution >= 0.6 is 0 Å². The quantitative estimate of drug-likeness (QED) is 0.175. The Morgan fingerprint density at radius 3 is 1.91 bits per heavy atom. The lowest BCUT2D eigenvalue weighted by Gasteiger charge is -2.66. The monoisotopic (exact) mass is 1000 g/mol. The summed E-state index contributed by atoms with van der Waals surface area (Å²) >= 11 is 0. The zero-order valence-corrected chi connectivity index (χ0v) is 43.9. The maximum atomic E-state index is 7.39. The number of nitrogens with one attached hydrogen (secondary N) is 1. The molecule has 0 saturated heterocycles. The normalized spacial score (nSPS) is 30.9. The van der Waals surface area contributed by atoms with Crippen molar-refractivity contribution in [2.24, 2.45) is 46.3 Å². The van der Waals surface area contributed by atoms with Gasteiger partial charge in [-0.05, 0) is 234 Å². The molecule has 78 heavy (non-hydrogen) atoms. The maximum Gasteiger partial charge on any atom is 0.198 e. The van der Waals surface area contributed by atoms with Crippen molar-refractivity contribution in [2.75, 3.05) is 4.90 Å². The van der Waals surface area contributed by atoms with Gasteiger partial charge < -0.3 is 18.7 Å². The Labute approximate surface area is 453 Å². The summed E-state index contributed by atoms with van der Waals surface area (Å²) in [6, 6.07) is 60.4. The van der Waals surface area contributed by atoms with Gasteiger partial charge in [0.15, 0.2) is 7.28 Å². The second-order valence-electron chi connectivity index (χ2n) is 27.1. The fourth-order valence-electron chi connectivity index (χ4n) is 21.2. The molecule has 8 saturated carbocycles. The topological polar surface area (TPSA) is 45.3 Å². The minimum absolute atomic E-state index is 0.196. The van der Waals surface area contributed by atoms with Gasteiger partial charge in [-0.1, -0.05) is 96.0 Å². The second-order valence-corrected chi connectivity index (χ2v) is 27.1. The van der Waals surface area contributed by atoms with E-state index in [2.05, 4.69) is 182 Å². The van der Waals surface area contributed by atoms with Gasteiger partial charge in [0.2, 0.25) is 0 Å². The van der Waals surface area contributed by atoms with E-state index in [0.29, 0.717) is 16.2 Å². The van der Waals surface area contributed by atoms with Crippen LogP contribution in [0.3, 0.4) is 0 Å². The van der Waals surface area contributed by atoms with E-state index >= 15 is 0 Å². The van der Waals surface area contributed by atoms with Crippen LogP contribution in [0.5, 0.6) is 0 Å². The molecule has 9 aromatic carbocycles. The molecule has 1 N–H and O–H groups in total. The SMILES string of the molecule is Cc1ccc(N2c3cc4c(cc3[B]c3c2cc2c(oc5ccccc52)c3-c2cc(C35CC6CC7CC(C3)C76C5)cc3c2[nH]c2ccc(C56CC7CC8CC(C5)C87C6)cc23)oc2cc3ccccc3cc24)c(-c2ccccc2)c1. The van der Waals surface area contributed by atoms with Crippen LogP contribution in [0.1, 0.15) is 80.9 Å². The Bertz CT molecular complexity index is 4750. The third-order valence-corrected chi connectivity index (χ3v) is 24.3. The summed E-state index contributed by atoms with van der Waals surface area (Å²) in [4.78, 5) is 6.83. The summed E-state index contributed by atoms with van der Waals surface area (Å²) in [7, 11) is 2.49. The summed E-state index contributed by atoms with van der Waals surface area (Å²) in [5.74, 6) is 5.63. The molecule has 4 heterocycles. The van der Waals surface area contributed by atoms with Crippen LogP contribution in [0.2, 0.25) is 0 Å². The van der Waals surface area contributed by atoms with Crippen molar-refractivity contribution >= 4 is 112 Å². The summed E-state index contributed by atoms with van der Waals surface area (Å²) in [6.45, 7) is 2.23. The number of nitrogens with zero attached hydrogens (tertiary/aromatic N) is 1. The van der Waals surface area contributed by atoms with Gasteiger partial charge in [-0.2, -0.15) is 0 Å². The number of aromatic nitrogens is 1. The van der Waals surface area contributed by atoms with Crippen molar-refractivity contribution in [1.29, 1.82) is 0 Å². The molecule has 12 aromatic rings. The van der Waals surface area contributed by atoms with Crippen LogP contribution in [0.25, 0.3) is 98.7 Å². The lowest BCUT2D eigenvalue weighted by atomic mass is 9.38. The van der Waals surface area contributed by atoms with Gasteiger partial charge in [-0.3, -0.25) is 0 Å². The number of anilines is 3. The van der Waals surface area contributed by atoms with E-state index in [-0.39, 0.29) is 5.41 Å². The Hall–Kier alpha value is -7.50. The van der Waals surface area contributed by atoms with Crippen LogP contribution in [0, 0.1) is 53.3 Å². The second kappa shape index (κ2) is 13.5. The zero-order valence-electron chi connectivity index (χ0n) is 43.9. The lowest BCUT2D eigenvalue weighted by Crippen LogP contribution is -2.59. The summed E-state index contributed by atoms with van der Waals surface area (Å²) < 4.78 is 14.3. The minimum Gasteiger partial charge on any atom is -0.456 e. The molecule has 8 aliphatic carbocycles. The zero-order chi connectivity index (χ0) is 50.3. The summed E-state index contributed by atoms with van der Waals surface area (Å²) in [6.07, 6.45) is 14.2. The Kier molecular flexibility index (Phi) is 7.19. The molecule has 4 bridgehead atoms. The molecule has 4 atom stereocenters. The van der Waals surface area contributed by atoms with Crippen LogP contribution in [-0.2, 0) is 10.8 Å². The number of hydrogen-bond donors (Lipinski definition) is 1. The van der Waals surface area contributed by atoms with Crippen molar-refractivity contribution in [3.63, 3.8) is 0 Å². The van der Waals surface area contributed by atoms with Gasteiger partial charge in [-0.25, -0.2) is 0 Å². The fourth-order valence-corrected chi connectivity index (χ4v) is 21.2. The van der Waals surface area contributed by atoms with E-state index in [1.165, 1.54) is 130 Å². The van der Waals surface area contributed by atoms with Crippen LogP contribution in [-0.4, -0.2) is 12.3 Å².